The number of amides is 2. The van der Waals surface area contributed by atoms with Crippen LogP contribution in [0.15, 0.2) is 73.1 Å². The Morgan fingerprint density at radius 2 is 1.35 bits per heavy atom. The molecule has 0 aliphatic heterocycles. The number of anilines is 3. The molecule has 5 heteroatoms. The van der Waals surface area contributed by atoms with Gasteiger partial charge in [-0.2, -0.15) is 0 Å². The van der Waals surface area contributed by atoms with Gasteiger partial charge in [0.25, 0.3) is 0 Å². The molecule has 0 saturated carbocycles. The molecule has 0 saturated heterocycles. The van der Waals surface area contributed by atoms with Crippen LogP contribution < -0.4 is 15.5 Å². The molecule has 0 fully saturated rings. The predicted octanol–water partition coefficient (Wildman–Crippen LogP) is 4.97. The maximum Gasteiger partial charge on any atom is 0.323 e. The Morgan fingerprint density at radius 1 is 0.846 bits per heavy atom. The molecule has 2 amide bonds. The lowest BCUT2D eigenvalue weighted by Crippen LogP contribution is -2.22. The van der Waals surface area contributed by atoms with E-state index < -0.39 is 0 Å². The molecule has 1 aromatic heterocycles. The van der Waals surface area contributed by atoms with Gasteiger partial charge < -0.3 is 20.1 Å². The normalized spacial score (nSPS) is 10.4. The van der Waals surface area contributed by atoms with E-state index in [4.69, 9.17) is 0 Å². The van der Waals surface area contributed by atoms with Crippen LogP contribution in [0.1, 0.15) is 13.8 Å². The van der Waals surface area contributed by atoms with Crippen molar-refractivity contribution in [1.29, 1.82) is 0 Å². The Labute approximate surface area is 154 Å². The minimum Gasteiger partial charge on any atom is -0.372 e. The topological polar surface area (TPSA) is 49.3 Å². The molecule has 2 N–H and O–H groups in total. The molecule has 0 bridgehead atoms. The molecule has 0 aliphatic rings. The molecule has 3 rings (SSSR count). The van der Waals surface area contributed by atoms with Gasteiger partial charge in [-0.15, -0.1) is 0 Å². The van der Waals surface area contributed by atoms with Crippen LogP contribution in [0.25, 0.3) is 5.69 Å². The monoisotopic (exact) mass is 348 g/mol. The largest absolute Gasteiger partial charge is 0.372 e. The number of carbonyl (C=O) groups is 1. The number of hydrogen-bond donors (Lipinski definition) is 2. The van der Waals surface area contributed by atoms with Crippen molar-refractivity contribution < 1.29 is 4.79 Å². The summed E-state index contributed by atoms with van der Waals surface area (Å²) in [5, 5.41) is 5.71. The lowest BCUT2D eigenvalue weighted by atomic mass is 10.2. The number of carbonyl (C=O) groups excluding carboxylic acids is 1. The number of nitrogens with zero attached hydrogens (tertiary/aromatic N) is 2. The number of urea groups is 1. The summed E-state index contributed by atoms with van der Waals surface area (Å²) < 4.78 is 2.02. The maximum atomic E-state index is 12.2. The Hall–Kier alpha value is -3.21. The van der Waals surface area contributed by atoms with Crippen molar-refractivity contribution in [2.24, 2.45) is 0 Å². The van der Waals surface area contributed by atoms with Gasteiger partial charge in [0.05, 0.1) is 0 Å². The van der Waals surface area contributed by atoms with Crippen molar-refractivity contribution in [3.05, 3.63) is 73.1 Å². The van der Waals surface area contributed by atoms with Crippen LogP contribution in [-0.2, 0) is 0 Å². The van der Waals surface area contributed by atoms with Gasteiger partial charge in [0, 0.05) is 48.2 Å². The molecule has 0 atom stereocenters. The zero-order valence-electron chi connectivity index (χ0n) is 15.1. The quantitative estimate of drug-likeness (QED) is 0.661. The molecule has 0 unspecified atom stereocenters. The number of benzene rings is 2. The third kappa shape index (κ3) is 4.25. The van der Waals surface area contributed by atoms with Crippen molar-refractivity contribution in [1.82, 2.24) is 4.57 Å². The number of rotatable bonds is 6. The van der Waals surface area contributed by atoms with Crippen LogP contribution >= 0.6 is 0 Å². The fourth-order valence-electron chi connectivity index (χ4n) is 2.86. The van der Waals surface area contributed by atoms with Gasteiger partial charge in [-0.25, -0.2) is 4.79 Å². The number of nitrogens with one attached hydrogen (secondary N) is 2. The Kier molecular flexibility index (Phi) is 5.59. The van der Waals surface area contributed by atoms with E-state index in [-0.39, 0.29) is 6.03 Å². The second-order valence-corrected chi connectivity index (χ2v) is 5.94. The average Bonchev–Trinajstić information content (AvgIpc) is 3.19. The number of aromatic nitrogens is 1. The Balaban J connectivity index is 1.58. The van der Waals surface area contributed by atoms with Gasteiger partial charge >= 0.3 is 6.03 Å². The standard InChI is InChI=1S/C21H24N4O/c1-3-24(4-2)19-11-7-17(8-12-19)22-21(26)23-18-9-13-20(14-10-18)25-15-5-6-16-25/h5-16H,3-4H2,1-2H3,(H2,22,23,26). The van der Waals surface area contributed by atoms with Gasteiger partial charge in [0.2, 0.25) is 0 Å². The van der Waals surface area contributed by atoms with E-state index in [0.717, 1.165) is 35.8 Å². The average molecular weight is 348 g/mol. The smallest absolute Gasteiger partial charge is 0.323 e. The molecular weight excluding hydrogens is 324 g/mol. The van der Waals surface area contributed by atoms with Crippen molar-refractivity contribution in [2.45, 2.75) is 13.8 Å². The van der Waals surface area contributed by atoms with E-state index in [9.17, 15) is 4.79 Å². The van der Waals surface area contributed by atoms with Crippen LogP contribution in [-0.4, -0.2) is 23.7 Å². The third-order valence-corrected chi connectivity index (χ3v) is 4.28. The number of hydrogen-bond acceptors (Lipinski definition) is 2. The summed E-state index contributed by atoms with van der Waals surface area (Å²) in [5.41, 5.74) is 3.72. The van der Waals surface area contributed by atoms with E-state index in [1.807, 2.05) is 77.6 Å². The van der Waals surface area contributed by atoms with Gasteiger partial charge in [-0.05, 0) is 74.5 Å². The summed E-state index contributed by atoms with van der Waals surface area (Å²) in [7, 11) is 0. The van der Waals surface area contributed by atoms with Crippen LogP contribution in [0.4, 0.5) is 21.9 Å². The van der Waals surface area contributed by atoms with Crippen molar-refractivity contribution in [2.75, 3.05) is 28.6 Å². The molecule has 26 heavy (non-hydrogen) atoms. The second-order valence-electron chi connectivity index (χ2n) is 5.94. The molecule has 134 valence electrons. The summed E-state index contributed by atoms with van der Waals surface area (Å²) in [6, 6.07) is 19.3. The lowest BCUT2D eigenvalue weighted by molar-refractivity contribution is 0.262. The first-order valence-corrected chi connectivity index (χ1v) is 8.86. The van der Waals surface area contributed by atoms with Crippen molar-refractivity contribution in [3.8, 4) is 5.69 Å². The van der Waals surface area contributed by atoms with Gasteiger partial charge in [-0.1, -0.05) is 0 Å². The Morgan fingerprint density at radius 3 is 1.85 bits per heavy atom. The van der Waals surface area contributed by atoms with E-state index in [0.29, 0.717) is 0 Å². The van der Waals surface area contributed by atoms with Crippen LogP contribution in [0.2, 0.25) is 0 Å². The van der Waals surface area contributed by atoms with E-state index in [2.05, 4.69) is 29.4 Å². The first-order chi connectivity index (χ1) is 12.7. The van der Waals surface area contributed by atoms with Crippen LogP contribution in [0.5, 0.6) is 0 Å². The lowest BCUT2D eigenvalue weighted by Gasteiger charge is -2.21. The fourth-order valence-corrected chi connectivity index (χ4v) is 2.86. The zero-order chi connectivity index (χ0) is 18.4. The summed E-state index contributed by atoms with van der Waals surface area (Å²) in [4.78, 5) is 14.4. The minimum atomic E-state index is -0.255. The van der Waals surface area contributed by atoms with Gasteiger partial charge in [-0.3, -0.25) is 0 Å². The first-order valence-electron chi connectivity index (χ1n) is 8.86. The summed E-state index contributed by atoms with van der Waals surface area (Å²) in [6.07, 6.45) is 3.97. The summed E-state index contributed by atoms with van der Waals surface area (Å²) in [5.74, 6) is 0. The minimum absolute atomic E-state index is 0.255. The summed E-state index contributed by atoms with van der Waals surface area (Å²) in [6.45, 7) is 6.18. The van der Waals surface area contributed by atoms with E-state index in [1.54, 1.807) is 0 Å². The highest BCUT2D eigenvalue weighted by Crippen LogP contribution is 2.18. The highest BCUT2D eigenvalue weighted by atomic mass is 16.2. The molecule has 0 spiro atoms. The van der Waals surface area contributed by atoms with Gasteiger partial charge in [0.1, 0.15) is 0 Å². The molecule has 5 nitrogen and oxygen atoms in total. The van der Waals surface area contributed by atoms with Crippen molar-refractivity contribution >= 4 is 23.1 Å². The highest BCUT2D eigenvalue weighted by Gasteiger charge is 2.05. The predicted molar refractivity (Wildman–Crippen MR) is 108 cm³/mol. The molecule has 0 aliphatic carbocycles. The fraction of sp³-hybridized carbons (Fsp3) is 0.190. The molecular formula is C21H24N4O. The zero-order valence-corrected chi connectivity index (χ0v) is 15.1. The molecule has 0 radical (unpaired) electrons. The van der Waals surface area contributed by atoms with Crippen molar-refractivity contribution in [3.63, 3.8) is 0 Å². The summed E-state index contributed by atoms with van der Waals surface area (Å²) >= 11 is 0. The second kappa shape index (κ2) is 8.25. The first kappa shape index (κ1) is 17.6. The third-order valence-electron chi connectivity index (χ3n) is 4.28. The molecule has 3 aromatic rings. The van der Waals surface area contributed by atoms with E-state index in [1.165, 1.54) is 0 Å². The SMILES string of the molecule is CCN(CC)c1ccc(NC(=O)Nc2ccc(-n3cccc3)cc2)cc1. The Bertz CT molecular complexity index is 819. The highest BCUT2D eigenvalue weighted by molar-refractivity contribution is 5.99. The van der Waals surface area contributed by atoms with E-state index >= 15 is 0 Å². The molecule has 1 heterocycles. The van der Waals surface area contributed by atoms with Gasteiger partial charge in [0.15, 0.2) is 0 Å². The van der Waals surface area contributed by atoms with Crippen LogP contribution in [0, 0.1) is 0 Å². The maximum absolute atomic E-state index is 12.2. The van der Waals surface area contributed by atoms with Crippen LogP contribution in [0.3, 0.4) is 0 Å². The molecule has 2 aromatic carbocycles.